The fourth-order valence-electron chi connectivity index (χ4n) is 4.02. The first kappa shape index (κ1) is 22.7. The van der Waals surface area contributed by atoms with Crippen LogP contribution in [-0.2, 0) is 24.3 Å². The molecule has 0 spiro atoms. The number of sulfonamides is 1. The number of para-hydroxylation sites is 1. The molecule has 0 aliphatic carbocycles. The average molecular weight is 474 g/mol. The zero-order chi connectivity index (χ0) is 23.8. The Balaban J connectivity index is 1.59. The van der Waals surface area contributed by atoms with Gasteiger partial charge < -0.3 is 14.4 Å². The molecule has 0 N–H and O–H groups in total. The summed E-state index contributed by atoms with van der Waals surface area (Å²) < 4.78 is 38.3. The summed E-state index contributed by atoms with van der Waals surface area (Å²) >= 11 is 0. The summed E-state index contributed by atoms with van der Waals surface area (Å²) in [6, 6.07) is 12.4. The van der Waals surface area contributed by atoms with Crippen LogP contribution in [0, 0.1) is 0 Å². The molecule has 0 radical (unpaired) electrons. The number of carbonyl (C=O) groups is 3. The second-order valence-corrected chi connectivity index (χ2v) is 9.68. The van der Waals surface area contributed by atoms with E-state index in [1.807, 2.05) is 18.2 Å². The second kappa shape index (κ2) is 8.83. The molecule has 2 saturated heterocycles. The third-order valence-electron chi connectivity index (χ3n) is 5.66. The number of ether oxygens (including phenoxy) is 2. The molecule has 2 aromatic carbocycles. The summed E-state index contributed by atoms with van der Waals surface area (Å²) in [5.41, 5.74) is 0. The number of methoxy groups -OCH3 is 1. The van der Waals surface area contributed by atoms with Gasteiger partial charge >= 0.3 is 12.0 Å². The predicted molar refractivity (Wildman–Crippen MR) is 116 cm³/mol. The van der Waals surface area contributed by atoms with E-state index in [1.165, 1.54) is 36.2 Å². The molecule has 33 heavy (non-hydrogen) atoms. The molecule has 2 atom stereocenters. The van der Waals surface area contributed by atoms with Crippen molar-refractivity contribution in [2.24, 2.45) is 0 Å². The van der Waals surface area contributed by atoms with Crippen molar-refractivity contribution in [2.45, 2.75) is 23.4 Å². The Hall–Kier alpha value is -3.44. The van der Waals surface area contributed by atoms with Gasteiger partial charge in [0.1, 0.15) is 24.1 Å². The molecule has 2 aliphatic heterocycles. The number of urea groups is 1. The van der Waals surface area contributed by atoms with Crippen molar-refractivity contribution in [3.05, 3.63) is 54.6 Å². The summed E-state index contributed by atoms with van der Waals surface area (Å²) in [5, 5.41) is 0. The van der Waals surface area contributed by atoms with E-state index in [9.17, 15) is 22.8 Å². The fraction of sp³-hybridized carbons (Fsp3) is 0.318. The third-order valence-corrected chi connectivity index (χ3v) is 7.54. The van der Waals surface area contributed by atoms with Gasteiger partial charge in [-0.15, -0.1) is 0 Å². The molecule has 11 heteroatoms. The van der Waals surface area contributed by atoms with Crippen LogP contribution in [0.15, 0.2) is 59.5 Å². The lowest BCUT2D eigenvalue weighted by atomic mass is 10.1. The smallest absolute Gasteiger partial charge is 0.327 e. The van der Waals surface area contributed by atoms with Crippen LogP contribution in [0.3, 0.4) is 0 Å². The molecule has 3 amide bonds. The number of imide groups is 1. The van der Waals surface area contributed by atoms with E-state index in [0.29, 0.717) is 11.5 Å². The highest BCUT2D eigenvalue weighted by atomic mass is 32.2. The summed E-state index contributed by atoms with van der Waals surface area (Å²) in [5.74, 6) is -0.137. The van der Waals surface area contributed by atoms with Crippen LogP contribution in [0.1, 0.15) is 6.42 Å². The van der Waals surface area contributed by atoms with Crippen LogP contribution in [-0.4, -0.2) is 79.8 Å². The Morgan fingerprint density at radius 2 is 1.64 bits per heavy atom. The van der Waals surface area contributed by atoms with Gasteiger partial charge in [-0.1, -0.05) is 18.2 Å². The standard InChI is InChI=1S/C22H23N3O7S/c1-23-14-20(26)25(22(23)28)15-12-19(21(27)31-2)24(13-15)33(29,30)18-10-8-17(9-11-18)32-16-6-4-3-5-7-16/h3-11,15,19H,12-14H2,1-2H3/t15-,19+/m0/s1. The van der Waals surface area contributed by atoms with Gasteiger partial charge in [-0.2, -0.15) is 4.31 Å². The topological polar surface area (TPSA) is 114 Å². The molecule has 0 saturated carbocycles. The minimum absolute atomic E-state index is 0.0353. The highest BCUT2D eigenvalue weighted by Crippen LogP contribution is 2.32. The quantitative estimate of drug-likeness (QED) is 0.463. The molecule has 4 rings (SSSR count). The van der Waals surface area contributed by atoms with Crippen molar-refractivity contribution in [1.82, 2.24) is 14.1 Å². The summed E-state index contributed by atoms with van der Waals surface area (Å²) in [6.45, 7) is -0.288. The number of hydrogen-bond acceptors (Lipinski definition) is 7. The minimum Gasteiger partial charge on any atom is -0.468 e. The molecule has 0 bridgehead atoms. The number of hydrogen-bond donors (Lipinski definition) is 0. The zero-order valence-corrected chi connectivity index (χ0v) is 18.9. The summed E-state index contributed by atoms with van der Waals surface area (Å²) in [4.78, 5) is 39.3. The van der Waals surface area contributed by atoms with Crippen molar-refractivity contribution in [3.8, 4) is 11.5 Å². The first-order valence-electron chi connectivity index (χ1n) is 10.2. The van der Waals surface area contributed by atoms with Gasteiger partial charge in [-0.25, -0.2) is 13.2 Å². The predicted octanol–water partition coefficient (Wildman–Crippen LogP) is 1.68. The number of benzene rings is 2. The van der Waals surface area contributed by atoms with Gasteiger partial charge in [-0.05, 0) is 42.8 Å². The SMILES string of the molecule is COC(=O)[C@H]1C[C@H](N2C(=O)CN(C)C2=O)CN1S(=O)(=O)c1ccc(Oc2ccccc2)cc1. The number of likely N-dealkylation sites (N-methyl/N-ethyl adjacent to an activating group) is 1. The van der Waals surface area contributed by atoms with E-state index in [0.717, 1.165) is 16.3 Å². The van der Waals surface area contributed by atoms with E-state index < -0.39 is 40.0 Å². The van der Waals surface area contributed by atoms with E-state index in [4.69, 9.17) is 9.47 Å². The first-order chi connectivity index (χ1) is 15.7. The molecule has 10 nitrogen and oxygen atoms in total. The third kappa shape index (κ3) is 4.29. The lowest BCUT2D eigenvalue weighted by Gasteiger charge is -2.23. The highest BCUT2D eigenvalue weighted by molar-refractivity contribution is 7.89. The Labute approximate surface area is 191 Å². The van der Waals surface area contributed by atoms with Crippen LogP contribution >= 0.6 is 0 Å². The first-order valence-corrected chi connectivity index (χ1v) is 11.7. The largest absolute Gasteiger partial charge is 0.468 e. The maximum atomic E-state index is 13.4. The van der Waals surface area contributed by atoms with E-state index in [1.54, 1.807) is 12.1 Å². The van der Waals surface area contributed by atoms with Crippen LogP contribution in [0.5, 0.6) is 11.5 Å². The molecular weight excluding hydrogens is 450 g/mol. The minimum atomic E-state index is -4.13. The fourth-order valence-corrected chi connectivity index (χ4v) is 5.65. The Bertz CT molecular complexity index is 1170. The number of nitrogens with zero attached hydrogens (tertiary/aromatic N) is 3. The Morgan fingerprint density at radius 1 is 1.00 bits per heavy atom. The van der Waals surface area contributed by atoms with Gasteiger partial charge in [0.2, 0.25) is 10.0 Å². The van der Waals surface area contributed by atoms with Crippen LogP contribution in [0.4, 0.5) is 4.79 Å². The van der Waals surface area contributed by atoms with Crippen molar-refractivity contribution in [3.63, 3.8) is 0 Å². The van der Waals surface area contributed by atoms with E-state index in [2.05, 4.69) is 0 Å². The highest BCUT2D eigenvalue weighted by Gasteiger charge is 2.50. The van der Waals surface area contributed by atoms with Gasteiger partial charge in [-0.3, -0.25) is 14.5 Å². The molecule has 0 unspecified atom stereocenters. The molecule has 2 fully saturated rings. The lowest BCUT2D eigenvalue weighted by molar-refractivity contribution is -0.144. The maximum Gasteiger partial charge on any atom is 0.327 e. The van der Waals surface area contributed by atoms with Crippen LogP contribution in [0.2, 0.25) is 0 Å². The zero-order valence-electron chi connectivity index (χ0n) is 18.1. The van der Waals surface area contributed by atoms with Crippen LogP contribution in [0.25, 0.3) is 0 Å². The number of esters is 1. The van der Waals surface area contributed by atoms with Crippen molar-refractivity contribution < 1.29 is 32.3 Å². The Kier molecular flexibility index (Phi) is 6.09. The van der Waals surface area contributed by atoms with E-state index in [-0.39, 0.29) is 24.4 Å². The summed E-state index contributed by atoms with van der Waals surface area (Å²) in [6.07, 6.45) is -0.0353. The van der Waals surface area contributed by atoms with Gasteiger partial charge in [0, 0.05) is 13.6 Å². The molecule has 0 aromatic heterocycles. The number of carbonyl (C=O) groups excluding carboxylic acids is 3. The van der Waals surface area contributed by atoms with Crippen molar-refractivity contribution in [2.75, 3.05) is 27.2 Å². The molecule has 2 aromatic rings. The Morgan fingerprint density at radius 3 is 2.21 bits per heavy atom. The number of rotatable bonds is 6. The normalized spacial score (nSPS) is 21.5. The monoisotopic (exact) mass is 473 g/mol. The van der Waals surface area contributed by atoms with Crippen LogP contribution < -0.4 is 4.74 Å². The lowest BCUT2D eigenvalue weighted by Crippen LogP contribution is -2.43. The van der Waals surface area contributed by atoms with Gasteiger partial charge in [0.25, 0.3) is 5.91 Å². The molecule has 2 aliphatic rings. The molecule has 2 heterocycles. The molecule has 174 valence electrons. The second-order valence-electron chi connectivity index (χ2n) is 7.79. The average Bonchev–Trinajstić information content (AvgIpc) is 3.35. The van der Waals surface area contributed by atoms with Gasteiger partial charge in [0.15, 0.2) is 0 Å². The van der Waals surface area contributed by atoms with Gasteiger partial charge in [0.05, 0.1) is 18.0 Å². The summed E-state index contributed by atoms with van der Waals surface area (Å²) in [7, 11) is -1.48. The number of amides is 3. The molecular formula is C22H23N3O7S. The van der Waals surface area contributed by atoms with Crippen molar-refractivity contribution in [1.29, 1.82) is 0 Å². The van der Waals surface area contributed by atoms with Crippen molar-refractivity contribution >= 4 is 27.9 Å². The van der Waals surface area contributed by atoms with E-state index >= 15 is 0 Å². The maximum absolute atomic E-state index is 13.4.